The maximum atomic E-state index is 10.9. The molecule has 0 aromatic rings. The first-order chi connectivity index (χ1) is 5.17. The Hall–Kier alpha value is -0.570. The van der Waals surface area contributed by atoms with E-state index in [0.717, 1.165) is 0 Å². The summed E-state index contributed by atoms with van der Waals surface area (Å²) in [6.07, 6.45) is 1.28. The molecule has 0 bridgehead atoms. The van der Waals surface area contributed by atoms with E-state index in [1.807, 2.05) is 13.8 Å². The molecule has 1 heterocycles. The molecule has 1 N–H and O–H groups in total. The highest BCUT2D eigenvalue weighted by Gasteiger charge is 2.50. The van der Waals surface area contributed by atoms with Crippen LogP contribution < -0.4 is 0 Å². The van der Waals surface area contributed by atoms with Crippen LogP contribution in [0.2, 0.25) is 0 Å². The van der Waals surface area contributed by atoms with Gasteiger partial charge in [-0.2, -0.15) is 0 Å². The maximum Gasteiger partial charge on any atom is 0.312 e. The van der Waals surface area contributed by atoms with E-state index in [1.54, 1.807) is 0 Å². The summed E-state index contributed by atoms with van der Waals surface area (Å²) >= 11 is 0. The van der Waals surface area contributed by atoms with Crippen LogP contribution in [-0.2, 0) is 9.53 Å². The van der Waals surface area contributed by atoms with E-state index in [2.05, 4.69) is 0 Å². The standard InChI is InChI=1S/C8H14O3/c1-3-8(4-2,7(9)10)6-5-11-6/h6H,3-5H2,1-2H3,(H,9,10). The van der Waals surface area contributed by atoms with Crippen molar-refractivity contribution in [3.05, 3.63) is 0 Å². The minimum atomic E-state index is -0.718. The summed E-state index contributed by atoms with van der Waals surface area (Å²) < 4.78 is 5.04. The fraction of sp³-hybridized carbons (Fsp3) is 0.875. The smallest absolute Gasteiger partial charge is 0.312 e. The lowest BCUT2D eigenvalue weighted by molar-refractivity contribution is -0.150. The van der Waals surface area contributed by atoms with Gasteiger partial charge in [0.25, 0.3) is 0 Å². The molecule has 0 aliphatic carbocycles. The van der Waals surface area contributed by atoms with Crippen LogP contribution in [0.4, 0.5) is 0 Å². The molecule has 1 aliphatic rings. The van der Waals surface area contributed by atoms with Crippen molar-refractivity contribution in [2.45, 2.75) is 32.8 Å². The number of hydrogen-bond donors (Lipinski definition) is 1. The average molecular weight is 158 g/mol. The van der Waals surface area contributed by atoms with Crippen molar-refractivity contribution in [1.29, 1.82) is 0 Å². The molecule has 0 saturated carbocycles. The summed E-state index contributed by atoms with van der Waals surface area (Å²) in [5.41, 5.74) is -0.611. The Morgan fingerprint density at radius 2 is 2.09 bits per heavy atom. The van der Waals surface area contributed by atoms with Crippen LogP contribution in [-0.4, -0.2) is 23.8 Å². The second kappa shape index (κ2) is 2.81. The lowest BCUT2D eigenvalue weighted by atomic mass is 9.79. The first kappa shape index (κ1) is 8.53. The number of hydrogen-bond acceptors (Lipinski definition) is 2. The summed E-state index contributed by atoms with van der Waals surface area (Å²) in [4.78, 5) is 10.9. The molecule has 3 heteroatoms. The number of carbonyl (C=O) groups is 1. The molecule has 1 aliphatic heterocycles. The van der Waals surface area contributed by atoms with Crippen molar-refractivity contribution in [3.8, 4) is 0 Å². The van der Waals surface area contributed by atoms with E-state index in [-0.39, 0.29) is 6.10 Å². The van der Waals surface area contributed by atoms with Crippen molar-refractivity contribution >= 4 is 5.97 Å². The Kier molecular flexibility index (Phi) is 2.18. The highest BCUT2D eigenvalue weighted by atomic mass is 16.6. The lowest BCUT2D eigenvalue weighted by Crippen LogP contribution is -2.35. The fourth-order valence-electron chi connectivity index (χ4n) is 1.51. The number of carboxylic acid groups (broad SMARTS) is 1. The number of carboxylic acids is 1. The van der Waals surface area contributed by atoms with Gasteiger partial charge in [0.05, 0.1) is 18.1 Å². The van der Waals surface area contributed by atoms with Crippen molar-refractivity contribution in [2.75, 3.05) is 6.61 Å². The van der Waals surface area contributed by atoms with Gasteiger partial charge in [-0.1, -0.05) is 13.8 Å². The molecule has 0 aromatic heterocycles. The second-order valence-corrected chi connectivity index (χ2v) is 2.99. The van der Waals surface area contributed by atoms with Gasteiger partial charge >= 0.3 is 5.97 Å². The van der Waals surface area contributed by atoms with Crippen LogP contribution >= 0.6 is 0 Å². The molecule has 1 atom stereocenters. The minimum Gasteiger partial charge on any atom is -0.481 e. The van der Waals surface area contributed by atoms with Crippen LogP contribution in [0.1, 0.15) is 26.7 Å². The molecule has 0 spiro atoms. The van der Waals surface area contributed by atoms with Gasteiger partial charge in [0, 0.05) is 0 Å². The van der Waals surface area contributed by atoms with Crippen LogP contribution in [0, 0.1) is 5.41 Å². The summed E-state index contributed by atoms with van der Waals surface area (Å²) in [5, 5.41) is 8.95. The third kappa shape index (κ3) is 1.25. The van der Waals surface area contributed by atoms with Crippen LogP contribution in [0.3, 0.4) is 0 Å². The Bertz CT molecular complexity index is 157. The highest BCUT2D eigenvalue weighted by Crippen LogP contribution is 2.39. The summed E-state index contributed by atoms with van der Waals surface area (Å²) in [7, 11) is 0. The van der Waals surface area contributed by atoms with Crippen molar-refractivity contribution in [3.63, 3.8) is 0 Å². The Morgan fingerprint density at radius 1 is 1.64 bits per heavy atom. The quantitative estimate of drug-likeness (QED) is 0.627. The normalized spacial score (nSPS) is 23.3. The van der Waals surface area contributed by atoms with Gasteiger partial charge in [-0.25, -0.2) is 0 Å². The molecule has 1 rings (SSSR count). The minimum absolute atomic E-state index is 0.0324. The van der Waals surface area contributed by atoms with Crippen molar-refractivity contribution in [1.82, 2.24) is 0 Å². The Balaban J connectivity index is 2.73. The molecule has 1 saturated heterocycles. The SMILES string of the molecule is CCC(CC)(C(=O)O)C1CO1. The van der Waals surface area contributed by atoms with E-state index in [9.17, 15) is 4.79 Å². The zero-order valence-electron chi connectivity index (χ0n) is 6.96. The van der Waals surface area contributed by atoms with Gasteiger partial charge in [-0.05, 0) is 12.8 Å². The Labute approximate surface area is 66.4 Å². The van der Waals surface area contributed by atoms with E-state index in [4.69, 9.17) is 9.84 Å². The predicted molar refractivity (Wildman–Crippen MR) is 40.4 cm³/mol. The first-order valence-corrected chi connectivity index (χ1v) is 4.02. The number of rotatable bonds is 4. The van der Waals surface area contributed by atoms with Crippen LogP contribution in [0.5, 0.6) is 0 Å². The van der Waals surface area contributed by atoms with Crippen LogP contribution in [0.15, 0.2) is 0 Å². The molecule has 0 amide bonds. The Morgan fingerprint density at radius 3 is 2.18 bits per heavy atom. The van der Waals surface area contributed by atoms with Crippen LogP contribution in [0.25, 0.3) is 0 Å². The fourth-order valence-corrected chi connectivity index (χ4v) is 1.51. The molecule has 3 nitrogen and oxygen atoms in total. The third-order valence-electron chi connectivity index (χ3n) is 2.64. The highest BCUT2D eigenvalue weighted by molar-refractivity contribution is 5.75. The van der Waals surface area contributed by atoms with E-state index in [1.165, 1.54) is 0 Å². The summed E-state index contributed by atoms with van der Waals surface area (Å²) in [6, 6.07) is 0. The van der Waals surface area contributed by atoms with Gasteiger partial charge in [-0.3, -0.25) is 4.79 Å². The number of ether oxygens (including phenoxy) is 1. The topological polar surface area (TPSA) is 49.8 Å². The molecule has 0 aromatic carbocycles. The number of aliphatic carboxylic acids is 1. The monoisotopic (exact) mass is 158 g/mol. The van der Waals surface area contributed by atoms with Gasteiger partial charge < -0.3 is 9.84 Å². The number of epoxide rings is 1. The van der Waals surface area contributed by atoms with Crippen molar-refractivity contribution in [2.24, 2.45) is 5.41 Å². The lowest BCUT2D eigenvalue weighted by Gasteiger charge is -2.23. The first-order valence-electron chi connectivity index (χ1n) is 4.02. The second-order valence-electron chi connectivity index (χ2n) is 2.99. The van der Waals surface area contributed by atoms with Gasteiger partial charge in [0.2, 0.25) is 0 Å². The molecule has 1 fully saturated rings. The third-order valence-corrected chi connectivity index (χ3v) is 2.64. The zero-order chi connectivity index (χ0) is 8.48. The van der Waals surface area contributed by atoms with Gasteiger partial charge in [0.1, 0.15) is 0 Å². The zero-order valence-corrected chi connectivity index (χ0v) is 6.96. The molecule has 0 radical (unpaired) electrons. The molecule has 64 valence electrons. The largest absolute Gasteiger partial charge is 0.481 e. The molecule has 1 unspecified atom stereocenters. The molecular weight excluding hydrogens is 144 g/mol. The van der Waals surface area contributed by atoms with Crippen molar-refractivity contribution < 1.29 is 14.6 Å². The maximum absolute atomic E-state index is 10.9. The van der Waals surface area contributed by atoms with E-state index in [0.29, 0.717) is 19.4 Å². The summed E-state index contributed by atoms with van der Waals surface area (Å²) in [6.45, 7) is 4.42. The molecule has 11 heavy (non-hydrogen) atoms. The average Bonchev–Trinajstić information content (AvgIpc) is 2.74. The van der Waals surface area contributed by atoms with E-state index < -0.39 is 11.4 Å². The predicted octanol–water partition coefficient (Wildman–Crippen LogP) is 1.28. The van der Waals surface area contributed by atoms with Gasteiger partial charge in [0.15, 0.2) is 0 Å². The summed E-state index contributed by atoms with van der Waals surface area (Å²) in [5.74, 6) is -0.718. The van der Waals surface area contributed by atoms with E-state index >= 15 is 0 Å². The van der Waals surface area contributed by atoms with Gasteiger partial charge in [-0.15, -0.1) is 0 Å². The molecular formula is C8H14O3.